The number of ether oxygens (including phenoxy) is 1. The molecule has 1 aliphatic heterocycles. The van der Waals surface area contributed by atoms with Crippen molar-refractivity contribution in [3.63, 3.8) is 0 Å². The number of rotatable bonds is 2. The Hall–Kier alpha value is -2.25. The van der Waals surface area contributed by atoms with Gasteiger partial charge in [-0.2, -0.15) is 0 Å². The molecule has 1 aliphatic rings. The molecule has 138 valence electrons. The van der Waals surface area contributed by atoms with Gasteiger partial charge in [-0.25, -0.2) is 18.0 Å². The van der Waals surface area contributed by atoms with E-state index in [0.717, 1.165) is 6.07 Å². The van der Waals surface area contributed by atoms with Gasteiger partial charge in [-0.05, 0) is 46.2 Å². The highest BCUT2D eigenvalue weighted by Crippen LogP contribution is 2.33. The standard InChI is InChI=1S/C17H21F3N2O3/c1-8-9(13-10(18)5-6-11(19)14(13)20)7-12(15(23)21-8)22-16(24)25-17(2,3)4/h5-6,8-9,12H,7H2,1-4H3,(H,21,23)(H,22,24)/t8-,9-,12+/m1/s1. The summed E-state index contributed by atoms with van der Waals surface area (Å²) in [4.78, 5) is 23.9. The molecule has 1 aromatic carbocycles. The molecular weight excluding hydrogens is 337 g/mol. The SMILES string of the molecule is C[C@H]1NC(=O)[C@@H](NC(=O)OC(C)(C)C)C[C@H]1c1c(F)ccc(F)c1F. The Morgan fingerprint density at radius 1 is 1.24 bits per heavy atom. The van der Waals surface area contributed by atoms with Crippen LogP contribution in [0.5, 0.6) is 0 Å². The van der Waals surface area contributed by atoms with Gasteiger partial charge in [0, 0.05) is 17.5 Å². The molecule has 1 aromatic rings. The van der Waals surface area contributed by atoms with Crippen molar-refractivity contribution in [3.05, 3.63) is 35.1 Å². The molecule has 8 heteroatoms. The predicted octanol–water partition coefficient (Wildman–Crippen LogP) is 2.99. The van der Waals surface area contributed by atoms with E-state index in [-0.39, 0.29) is 6.42 Å². The van der Waals surface area contributed by atoms with E-state index in [9.17, 15) is 22.8 Å². The van der Waals surface area contributed by atoms with Crippen LogP contribution < -0.4 is 10.6 Å². The van der Waals surface area contributed by atoms with Gasteiger partial charge in [0.2, 0.25) is 5.91 Å². The summed E-state index contributed by atoms with van der Waals surface area (Å²) in [6, 6.07) is -0.128. The number of carbonyl (C=O) groups is 2. The number of hydrogen-bond acceptors (Lipinski definition) is 3. The zero-order valence-corrected chi connectivity index (χ0v) is 14.5. The van der Waals surface area contributed by atoms with Crippen LogP contribution in [0.25, 0.3) is 0 Å². The van der Waals surface area contributed by atoms with Crippen molar-refractivity contribution in [3.8, 4) is 0 Å². The lowest BCUT2D eigenvalue weighted by Crippen LogP contribution is -2.56. The molecule has 0 aliphatic carbocycles. The highest BCUT2D eigenvalue weighted by molar-refractivity contribution is 5.86. The van der Waals surface area contributed by atoms with Gasteiger partial charge >= 0.3 is 6.09 Å². The van der Waals surface area contributed by atoms with Crippen molar-refractivity contribution in [1.29, 1.82) is 0 Å². The Morgan fingerprint density at radius 2 is 1.84 bits per heavy atom. The summed E-state index contributed by atoms with van der Waals surface area (Å²) in [6.07, 6.45) is -0.898. The number of nitrogens with one attached hydrogen (secondary N) is 2. The molecule has 0 bridgehead atoms. The van der Waals surface area contributed by atoms with E-state index < -0.39 is 58.6 Å². The highest BCUT2D eigenvalue weighted by Gasteiger charge is 2.38. The van der Waals surface area contributed by atoms with Crippen LogP contribution in [-0.4, -0.2) is 29.7 Å². The van der Waals surface area contributed by atoms with Crippen LogP contribution in [-0.2, 0) is 9.53 Å². The van der Waals surface area contributed by atoms with Gasteiger partial charge in [0.15, 0.2) is 11.6 Å². The lowest BCUT2D eigenvalue weighted by atomic mass is 9.82. The number of halogens is 3. The van der Waals surface area contributed by atoms with Crippen molar-refractivity contribution >= 4 is 12.0 Å². The van der Waals surface area contributed by atoms with Gasteiger partial charge in [-0.3, -0.25) is 4.79 Å². The molecular formula is C17H21F3N2O3. The van der Waals surface area contributed by atoms with Crippen LogP contribution in [0.3, 0.4) is 0 Å². The molecule has 3 atom stereocenters. The predicted molar refractivity (Wildman–Crippen MR) is 84.4 cm³/mol. The Morgan fingerprint density at radius 3 is 2.44 bits per heavy atom. The van der Waals surface area contributed by atoms with Gasteiger partial charge in [-0.1, -0.05) is 0 Å². The van der Waals surface area contributed by atoms with E-state index in [4.69, 9.17) is 4.74 Å². The molecule has 2 amide bonds. The first-order valence-electron chi connectivity index (χ1n) is 7.93. The number of alkyl carbamates (subject to hydrolysis) is 1. The Kier molecular flexibility index (Phi) is 5.29. The van der Waals surface area contributed by atoms with Crippen molar-refractivity contribution < 1.29 is 27.5 Å². The maximum absolute atomic E-state index is 14.1. The van der Waals surface area contributed by atoms with Crippen LogP contribution in [0.1, 0.15) is 45.6 Å². The molecule has 1 fully saturated rings. The maximum Gasteiger partial charge on any atom is 0.408 e. The monoisotopic (exact) mass is 358 g/mol. The first kappa shape index (κ1) is 19.1. The summed E-state index contributed by atoms with van der Waals surface area (Å²) in [5, 5.41) is 4.94. The number of benzene rings is 1. The molecule has 0 unspecified atom stereocenters. The quantitative estimate of drug-likeness (QED) is 0.799. The summed E-state index contributed by atoms with van der Waals surface area (Å²) in [5.41, 5.74) is -1.20. The number of amides is 2. The van der Waals surface area contributed by atoms with Crippen LogP contribution in [0.4, 0.5) is 18.0 Å². The summed E-state index contributed by atoms with van der Waals surface area (Å²) in [6.45, 7) is 6.55. The fraction of sp³-hybridized carbons (Fsp3) is 0.529. The number of carbonyl (C=O) groups excluding carboxylic acids is 2. The van der Waals surface area contributed by atoms with Gasteiger partial charge < -0.3 is 15.4 Å². The summed E-state index contributed by atoms with van der Waals surface area (Å²) in [7, 11) is 0. The average molecular weight is 358 g/mol. The summed E-state index contributed by atoms with van der Waals surface area (Å²) >= 11 is 0. The molecule has 25 heavy (non-hydrogen) atoms. The molecule has 1 heterocycles. The fourth-order valence-corrected chi connectivity index (χ4v) is 2.82. The topological polar surface area (TPSA) is 67.4 Å². The van der Waals surface area contributed by atoms with Crippen LogP contribution in [0, 0.1) is 17.5 Å². The molecule has 0 spiro atoms. The van der Waals surface area contributed by atoms with E-state index in [1.165, 1.54) is 0 Å². The fourth-order valence-electron chi connectivity index (χ4n) is 2.82. The van der Waals surface area contributed by atoms with Gasteiger partial charge in [-0.15, -0.1) is 0 Å². The normalized spacial score (nSPS) is 23.8. The van der Waals surface area contributed by atoms with Crippen LogP contribution in [0.15, 0.2) is 12.1 Å². The first-order valence-corrected chi connectivity index (χ1v) is 7.93. The maximum atomic E-state index is 14.1. The summed E-state index contributed by atoms with van der Waals surface area (Å²) in [5.74, 6) is -4.69. The third kappa shape index (κ3) is 4.43. The summed E-state index contributed by atoms with van der Waals surface area (Å²) < 4.78 is 46.7. The Bertz CT molecular complexity index is 688. The van der Waals surface area contributed by atoms with Crippen molar-refractivity contribution in [1.82, 2.24) is 10.6 Å². The van der Waals surface area contributed by atoms with Crippen LogP contribution >= 0.6 is 0 Å². The Balaban J connectivity index is 2.23. The molecule has 0 saturated carbocycles. The third-order valence-corrected chi connectivity index (χ3v) is 3.92. The van der Waals surface area contributed by atoms with Crippen LogP contribution in [0.2, 0.25) is 0 Å². The second-order valence-electron chi connectivity index (χ2n) is 7.10. The van der Waals surface area contributed by atoms with E-state index >= 15 is 0 Å². The lowest BCUT2D eigenvalue weighted by molar-refractivity contribution is -0.126. The average Bonchev–Trinajstić information content (AvgIpc) is 2.46. The van der Waals surface area contributed by atoms with E-state index in [0.29, 0.717) is 6.07 Å². The minimum atomic E-state index is -1.29. The molecule has 2 N–H and O–H groups in total. The van der Waals surface area contributed by atoms with Crippen molar-refractivity contribution in [2.75, 3.05) is 0 Å². The molecule has 0 radical (unpaired) electrons. The largest absolute Gasteiger partial charge is 0.444 e. The van der Waals surface area contributed by atoms with Gasteiger partial charge in [0.1, 0.15) is 17.5 Å². The molecule has 0 aromatic heterocycles. The number of piperidine rings is 1. The first-order chi connectivity index (χ1) is 11.5. The van der Waals surface area contributed by atoms with Crippen molar-refractivity contribution in [2.45, 2.75) is 57.7 Å². The molecule has 1 saturated heterocycles. The van der Waals surface area contributed by atoms with E-state index in [2.05, 4.69) is 10.6 Å². The second kappa shape index (κ2) is 6.93. The van der Waals surface area contributed by atoms with Crippen molar-refractivity contribution in [2.24, 2.45) is 0 Å². The smallest absolute Gasteiger partial charge is 0.408 e. The second-order valence-corrected chi connectivity index (χ2v) is 7.10. The van der Waals surface area contributed by atoms with E-state index in [1.807, 2.05) is 0 Å². The minimum Gasteiger partial charge on any atom is -0.444 e. The van der Waals surface area contributed by atoms with Gasteiger partial charge in [0.05, 0.1) is 0 Å². The number of hydrogen-bond donors (Lipinski definition) is 2. The highest BCUT2D eigenvalue weighted by atomic mass is 19.2. The Labute approximate surface area is 143 Å². The van der Waals surface area contributed by atoms with Gasteiger partial charge in [0.25, 0.3) is 0 Å². The third-order valence-electron chi connectivity index (χ3n) is 3.92. The zero-order chi connectivity index (χ0) is 18.9. The lowest BCUT2D eigenvalue weighted by Gasteiger charge is -2.35. The van der Waals surface area contributed by atoms with E-state index in [1.54, 1.807) is 27.7 Å². The minimum absolute atomic E-state index is 0.0798. The molecule has 5 nitrogen and oxygen atoms in total. The zero-order valence-electron chi connectivity index (χ0n) is 14.5. The molecule has 2 rings (SSSR count).